The maximum absolute atomic E-state index is 4.32. The van der Waals surface area contributed by atoms with Crippen LogP contribution in [0.1, 0.15) is 27.7 Å². The molecule has 0 aromatic carbocycles. The molecule has 17 heavy (non-hydrogen) atoms. The monoisotopic (exact) mass is 250 g/mol. The maximum Gasteiger partial charge on any atom is 0.181 e. The molecule has 0 fully saturated rings. The SMILES string of the molecule is CC(C)C(C)(C)CSc1ncnc2nc[nH]c12. The van der Waals surface area contributed by atoms with Gasteiger partial charge in [0.05, 0.1) is 6.33 Å². The largest absolute Gasteiger partial charge is 0.341 e. The fourth-order valence-electron chi connectivity index (χ4n) is 1.27. The van der Waals surface area contributed by atoms with Crippen molar-refractivity contribution < 1.29 is 0 Å². The highest BCUT2D eigenvalue weighted by Crippen LogP contribution is 2.34. The minimum Gasteiger partial charge on any atom is -0.341 e. The van der Waals surface area contributed by atoms with E-state index in [0.29, 0.717) is 11.3 Å². The maximum atomic E-state index is 4.32. The third-order valence-electron chi connectivity index (χ3n) is 3.33. The number of H-pyrrole nitrogens is 1. The molecule has 0 unspecified atom stereocenters. The summed E-state index contributed by atoms with van der Waals surface area (Å²) in [6.45, 7) is 9.09. The molecule has 4 nitrogen and oxygen atoms in total. The van der Waals surface area contributed by atoms with E-state index in [-0.39, 0.29) is 0 Å². The number of nitrogens with one attached hydrogen (secondary N) is 1. The summed E-state index contributed by atoms with van der Waals surface area (Å²) < 4.78 is 0. The highest BCUT2D eigenvalue weighted by molar-refractivity contribution is 7.99. The van der Waals surface area contributed by atoms with Crippen LogP contribution in [-0.2, 0) is 0 Å². The molecule has 0 spiro atoms. The topological polar surface area (TPSA) is 54.5 Å². The summed E-state index contributed by atoms with van der Waals surface area (Å²) in [5.41, 5.74) is 1.98. The summed E-state index contributed by atoms with van der Waals surface area (Å²) in [6.07, 6.45) is 3.24. The molecule has 92 valence electrons. The summed E-state index contributed by atoms with van der Waals surface area (Å²) in [7, 11) is 0. The van der Waals surface area contributed by atoms with Gasteiger partial charge in [-0.05, 0) is 11.3 Å². The number of aromatic amines is 1. The van der Waals surface area contributed by atoms with E-state index < -0.39 is 0 Å². The Morgan fingerprint density at radius 1 is 1.29 bits per heavy atom. The fourth-order valence-corrected chi connectivity index (χ4v) is 2.53. The first kappa shape index (κ1) is 12.4. The summed E-state index contributed by atoms with van der Waals surface area (Å²) in [6, 6.07) is 0. The second kappa shape index (κ2) is 4.64. The van der Waals surface area contributed by atoms with Crippen LogP contribution in [-0.4, -0.2) is 25.7 Å². The fraction of sp³-hybridized carbons (Fsp3) is 0.583. The van der Waals surface area contributed by atoms with Crippen LogP contribution in [0.15, 0.2) is 17.7 Å². The number of hydrogen-bond acceptors (Lipinski definition) is 4. The van der Waals surface area contributed by atoms with Gasteiger partial charge in [-0.15, -0.1) is 11.8 Å². The average Bonchev–Trinajstić information content (AvgIpc) is 2.74. The van der Waals surface area contributed by atoms with E-state index in [1.54, 1.807) is 24.4 Å². The highest BCUT2D eigenvalue weighted by atomic mass is 32.2. The molecule has 0 atom stereocenters. The first-order chi connectivity index (χ1) is 8.00. The van der Waals surface area contributed by atoms with Crippen molar-refractivity contribution in [3.05, 3.63) is 12.7 Å². The second-order valence-corrected chi connectivity index (χ2v) is 6.18. The molecular weight excluding hydrogens is 232 g/mol. The zero-order chi connectivity index (χ0) is 12.5. The molecule has 0 aliphatic rings. The van der Waals surface area contributed by atoms with Crippen molar-refractivity contribution in [2.24, 2.45) is 11.3 Å². The van der Waals surface area contributed by atoms with Gasteiger partial charge in [-0.1, -0.05) is 27.7 Å². The molecule has 0 radical (unpaired) electrons. The van der Waals surface area contributed by atoms with Gasteiger partial charge < -0.3 is 4.98 Å². The van der Waals surface area contributed by atoms with Gasteiger partial charge in [0.1, 0.15) is 16.9 Å². The Morgan fingerprint density at radius 3 is 2.76 bits per heavy atom. The van der Waals surface area contributed by atoms with Gasteiger partial charge in [-0.2, -0.15) is 0 Å². The second-order valence-electron chi connectivity index (χ2n) is 5.21. The van der Waals surface area contributed by atoms with Gasteiger partial charge in [0, 0.05) is 5.75 Å². The Hall–Kier alpha value is -1.10. The van der Waals surface area contributed by atoms with Crippen molar-refractivity contribution in [2.75, 3.05) is 5.75 Å². The minimum atomic E-state index is 0.294. The molecular formula is C12H18N4S. The van der Waals surface area contributed by atoms with E-state index in [1.165, 1.54) is 0 Å². The Bertz CT molecular complexity index is 504. The Morgan fingerprint density at radius 2 is 2.06 bits per heavy atom. The molecule has 0 saturated heterocycles. The van der Waals surface area contributed by atoms with Crippen LogP contribution < -0.4 is 0 Å². The molecule has 2 aromatic heterocycles. The summed E-state index contributed by atoms with van der Waals surface area (Å²) >= 11 is 1.77. The van der Waals surface area contributed by atoms with Crippen LogP contribution in [0.25, 0.3) is 11.2 Å². The zero-order valence-corrected chi connectivity index (χ0v) is 11.5. The zero-order valence-electron chi connectivity index (χ0n) is 10.7. The van der Waals surface area contributed by atoms with Gasteiger partial charge in [0.25, 0.3) is 0 Å². The van der Waals surface area contributed by atoms with E-state index in [1.807, 2.05) is 0 Å². The predicted molar refractivity (Wildman–Crippen MR) is 71.0 cm³/mol. The van der Waals surface area contributed by atoms with Crippen molar-refractivity contribution in [1.29, 1.82) is 0 Å². The average molecular weight is 250 g/mol. The molecule has 1 N–H and O–H groups in total. The minimum absolute atomic E-state index is 0.294. The molecule has 0 saturated carbocycles. The summed E-state index contributed by atoms with van der Waals surface area (Å²) in [5, 5.41) is 0.987. The van der Waals surface area contributed by atoms with Gasteiger partial charge in [0.2, 0.25) is 0 Å². The summed E-state index contributed by atoms with van der Waals surface area (Å²) in [4.78, 5) is 15.7. The van der Waals surface area contributed by atoms with E-state index in [2.05, 4.69) is 47.6 Å². The third-order valence-corrected chi connectivity index (χ3v) is 4.80. The van der Waals surface area contributed by atoms with Crippen LogP contribution in [0.5, 0.6) is 0 Å². The molecule has 0 amide bonds. The first-order valence-corrected chi connectivity index (χ1v) is 6.76. The van der Waals surface area contributed by atoms with Gasteiger partial charge in [-0.3, -0.25) is 0 Å². The first-order valence-electron chi connectivity index (χ1n) is 5.77. The lowest BCUT2D eigenvalue weighted by molar-refractivity contribution is 0.291. The molecule has 0 aliphatic heterocycles. The lowest BCUT2D eigenvalue weighted by Gasteiger charge is -2.28. The van der Waals surface area contributed by atoms with E-state index in [0.717, 1.165) is 21.9 Å². The van der Waals surface area contributed by atoms with Crippen LogP contribution in [0, 0.1) is 11.3 Å². The Balaban J connectivity index is 2.17. The van der Waals surface area contributed by atoms with Crippen molar-refractivity contribution in [3.63, 3.8) is 0 Å². The molecule has 0 bridgehead atoms. The van der Waals surface area contributed by atoms with Crippen LogP contribution in [0.4, 0.5) is 0 Å². The van der Waals surface area contributed by atoms with Crippen LogP contribution >= 0.6 is 11.8 Å². The molecule has 2 rings (SSSR count). The summed E-state index contributed by atoms with van der Waals surface area (Å²) in [5.74, 6) is 1.68. The van der Waals surface area contributed by atoms with Crippen molar-refractivity contribution >= 4 is 22.9 Å². The van der Waals surface area contributed by atoms with Gasteiger partial charge in [-0.25, -0.2) is 15.0 Å². The predicted octanol–water partition coefficient (Wildman–Crippen LogP) is 3.13. The lowest BCUT2D eigenvalue weighted by atomic mass is 9.83. The van der Waals surface area contributed by atoms with Crippen LogP contribution in [0.2, 0.25) is 0 Å². The van der Waals surface area contributed by atoms with E-state index in [4.69, 9.17) is 0 Å². The molecule has 0 aliphatic carbocycles. The molecule has 5 heteroatoms. The number of fused-ring (bicyclic) bond motifs is 1. The normalized spacial score (nSPS) is 12.5. The van der Waals surface area contributed by atoms with Crippen molar-refractivity contribution in [2.45, 2.75) is 32.7 Å². The Labute approximate surface area is 106 Å². The quantitative estimate of drug-likeness (QED) is 0.669. The third kappa shape index (κ3) is 2.60. The molecule has 2 aromatic rings. The highest BCUT2D eigenvalue weighted by Gasteiger charge is 2.23. The van der Waals surface area contributed by atoms with Gasteiger partial charge in [0.15, 0.2) is 5.65 Å². The van der Waals surface area contributed by atoms with E-state index in [9.17, 15) is 0 Å². The Kier molecular flexibility index (Phi) is 3.38. The number of imidazole rings is 1. The number of thioether (sulfide) groups is 1. The number of rotatable bonds is 4. The van der Waals surface area contributed by atoms with Crippen molar-refractivity contribution in [3.8, 4) is 0 Å². The lowest BCUT2D eigenvalue weighted by Crippen LogP contribution is -2.22. The van der Waals surface area contributed by atoms with Crippen molar-refractivity contribution in [1.82, 2.24) is 19.9 Å². The van der Waals surface area contributed by atoms with Gasteiger partial charge >= 0.3 is 0 Å². The van der Waals surface area contributed by atoms with Crippen LogP contribution in [0.3, 0.4) is 0 Å². The smallest absolute Gasteiger partial charge is 0.181 e. The number of nitrogens with zero attached hydrogens (tertiary/aromatic N) is 3. The standard InChI is InChI=1S/C12H18N4S/c1-8(2)12(3,4)5-17-11-9-10(14-6-13-9)15-7-16-11/h6-8H,5H2,1-4H3,(H,13,14,15,16). The molecule has 2 heterocycles. The van der Waals surface area contributed by atoms with E-state index >= 15 is 0 Å². The number of hydrogen-bond donors (Lipinski definition) is 1. The number of aromatic nitrogens is 4.